The molecule has 1 saturated carbocycles. The molecule has 0 N–H and O–H groups in total. The van der Waals surface area contributed by atoms with Gasteiger partial charge in [0.1, 0.15) is 0 Å². The van der Waals surface area contributed by atoms with Crippen molar-refractivity contribution in [2.75, 3.05) is 0 Å². The molecule has 0 nitrogen and oxygen atoms in total. The molecule has 11 heavy (non-hydrogen) atoms. The van der Waals surface area contributed by atoms with E-state index in [4.69, 9.17) is 0 Å². The average Bonchev–Trinajstić information content (AvgIpc) is 2.42. The molecule has 0 amide bonds. The Morgan fingerprint density at radius 2 is 1.91 bits per heavy atom. The van der Waals surface area contributed by atoms with Gasteiger partial charge in [0.05, 0.1) is 0 Å². The van der Waals surface area contributed by atoms with Crippen LogP contribution >= 0.6 is 0 Å². The van der Waals surface area contributed by atoms with Crippen LogP contribution < -0.4 is 0 Å². The summed E-state index contributed by atoms with van der Waals surface area (Å²) in [5, 5.41) is 0. The maximum atomic E-state index is 3.94. The summed E-state index contributed by atoms with van der Waals surface area (Å²) in [4.78, 5) is 0. The summed E-state index contributed by atoms with van der Waals surface area (Å²) in [6, 6.07) is 0. The van der Waals surface area contributed by atoms with Crippen LogP contribution in [0, 0.1) is 0 Å². The molecule has 1 rings (SSSR count). The molecule has 0 heteroatoms. The summed E-state index contributed by atoms with van der Waals surface area (Å²) < 4.78 is 0. The van der Waals surface area contributed by atoms with Gasteiger partial charge in [-0.3, -0.25) is 0 Å². The lowest BCUT2D eigenvalue weighted by molar-refractivity contribution is 0.933. The van der Waals surface area contributed by atoms with E-state index in [2.05, 4.69) is 19.2 Å². The molecule has 1 fully saturated rings. The third-order valence-electron chi connectivity index (χ3n) is 1.70. The van der Waals surface area contributed by atoms with E-state index in [-0.39, 0.29) is 0 Å². The number of rotatable bonds is 1. The zero-order chi connectivity index (χ0) is 8.69. The van der Waals surface area contributed by atoms with Gasteiger partial charge < -0.3 is 0 Å². The van der Waals surface area contributed by atoms with Crippen molar-refractivity contribution >= 4 is 0 Å². The summed E-state index contributed by atoms with van der Waals surface area (Å²) >= 11 is 0. The highest BCUT2D eigenvalue weighted by Gasteiger charge is 2.08. The second-order valence-electron chi connectivity index (χ2n) is 2.38. The Kier molecular flexibility index (Phi) is 5.54. The summed E-state index contributed by atoms with van der Waals surface area (Å²) in [5.41, 5.74) is 2.69. The number of allylic oxidation sites excluding steroid dienone is 4. The molecule has 0 aromatic carbocycles. The van der Waals surface area contributed by atoms with Gasteiger partial charge in [0.2, 0.25) is 0 Å². The Labute approximate surface area is 70.3 Å². The Balaban J connectivity index is 0.000000461. The van der Waals surface area contributed by atoms with E-state index in [1.807, 2.05) is 19.9 Å². The van der Waals surface area contributed by atoms with Gasteiger partial charge >= 0.3 is 0 Å². The molecule has 0 aromatic rings. The zero-order valence-corrected chi connectivity index (χ0v) is 7.69. The molecule has 0 atom stereocenters. The van der Waals surface area contributed by atoms with E-state index in [1.54, 1.807) is 0 Å². The van der Waals surface area contributed by atoms with Gasteiger partial charge in [0, 0.05) is 0 Å². The molecule has 62 valence electrons. The summed E-state index contributed by atoms with van der Waals surface area (Å²) in [6.07, 6.45) is 7.56. The SMILES string of the molecule is C=C/C=C1/CCCC1=C.CC. The van der Waals surface area contributed by atoms with Gasteiger partial charge in [-0.25, -0.2) is 0 Å². The molecule has 1 aliphatic carbocycles. The predicted octanol–water partition coefficient (Wildman–Crippen LogP) is 3.87. The van der Waals surface area contributed by atoms with E-state index >= 15 is 0 Å². The van der Waals surface area contributed by atoms with Gasteiger partial charge in [-0.15, -0.1) is 0 Å². The van der Waals surface area contributed by atoms with Crippen molar-refractivity contribution in [2.24, 2.45) is 0 Å². The number of hydrogen-bond acceptors (Lipinski definition) is 0. The van der Waals surface area contributed by atoms with Gasteiger partial charge in [-0.2, -0.15) is 0 Å². The smallest absolute Gasteiger partial charge is 0.0273 e. The molecule has 1 aliphatic rings. The minimum atomic E-state index is 1.18. The van der Waals surface area contributed by atoms with Crippen molar-refractivity contribution in [3.8, 4) is 0 Å². The minimum Gasteiger partial charge on any atom is -0.0991 e. The molecule has 0 radical (unpaired) electrons. The lowest BCUT2D eigenvalue weighted by Crippen LogP contribution is -1.72. The highest BCUT2D eigenvalue weighted by molar-refractivity contribution is 5.34. The van der Waals surface area contributed by atoms with Crippen molar-refractivity contribution in [3.05, 3.63) is 36.5 Å². The van der Waals surface area contributed by atoms with Crippen LogP contribution in [0.15, 0.2) is 36.5 Å². The first-order chi connectivity index (χ1) is 5.34. The second-order valence-corrected chi connectivity index (χ2v) is 2.38. The quantitative estimate of drug-likeness (QED) is 0.532. The Bertz CT molecular complexity index is 161. The standard InChI is InChI=1S/C9H12.C2H6/c1-3-5-9-7-4-6-8(9)2;1-2/h3,5H,1-2,4,6-7H2;1-2H3/b9-5-;. The predicted molar refractivity (Wildman–Crippen MR) is 52.6 cm³/mol. The third-order valence-corrected chi connectivity index (χ3v) is 1.70. The molecule has 0 saturated heterocycles. The third kappa shape index (κ3) is 3.22. The first-order valence-electron chi connectivity index (χ1n) is 4.34. The van der Waals surface area contributed by atoms with Crippen molar-refractivity contribution in [1.82, 2.24) is 0 Å². The molecular formula is C11H18. The average molecular weight is 150 g/mol. The second kappa shape index (κ2) is 5.96. The fraction of sp³-hybridized carbons (Fsp3) is 0.455. The normalized spacial score (nSPS) is 19.5. The fourth-order valence-electron chi connectivity index (χ4n) is 1.17. The van der Waals surface area contributed by atoms with Crippen LogP contribution in [0.5, 0.6) is 0 Å². The monoisotopic (exact) mass is 150 g/mol. The van der Waals surface area contributed by atoms with E-state index in [1.165, 1.54) is 30.4 Å². The van der Waals surface area contributed by atoms with Crippen LogP contribution in [-0.2, 0) is 0 Å². The van der Waals surface area contributed by atoms with Crippen LogP contribution in [0.3, 0.4) is 0 Å². The highest BCUT2D eigenvalue weighted by atomic mass is 14.1. The molecule has 0 bridgehead atoms. The Morgan fingerprint density at radius 3 is 2.27 bits per heavy atom. The maximum absolute atomic E-state index is 3.94. The maximum Gasteiger partial charge on any atom is -0.0273 e. The number of hydrogen-bond donors (Lipinski definition) is 0. The first kappa shape index (κ1) is 10.2. The minimum absolute atomic E-state index is 1.18. The zero-order valence-electron chi connectivity index (χ0n) is 7.69. The summed E-state index contributed by atoms with van der Waals surface area (Å²) in [7, 11) is 0. The van der Waals surface area contributed by atoms with Crippen molar-refractivity contribution in [3.63, 3.8) is 0 Å². The largest absolute Gasteiger partial charge is 0.0991 e. The van der Waals surface area contributed by atoms with Crippen LogP contribution in [-0.4, -0.2) is 0 Å². The molecule has 0 unspecified atom stereocenters. The highest BCUT2D eigenvalue weighted by Crippen LogP contribution is 2.28. The topological polar surface area (TPSA) is 0 Å². The lowest BCUT2D eigenvalue weighted by Gasteiger charge is -1.92. The van der Waals surface area contributed by atoms with Crippen LogP contribution in [0.4, 0.5) is 0 Å². The van der Waals surface area contributed by atoms with Crippen LogP contribution in [0.2, 0.25) is 0 Å². The van der Waals surface area contributed by atoms with Gasteiger partial charge in [0.25, 0.3) is 0 Å². The summed E-state index contributed by atoms with van der Waals surface area (Å²) in [6.45, 7) is 11.6. The molecule has 0 spiro atoms. The van der Waals surface area contributed by atoms with Crippen molar-refractivity contribution in [2.45, 2.75) is 33.1 Å². The Morgan fingerprint density at radius 1 is 1.27 bits per heavy atom. The van der Waals surface area contributed by atoms with Gasteiger partial charge in [-0.05, 0) is 24.8 Å². The fourth-order valence-corrected chi connectivity index (χ4v) is 1.17. The molecular weight excluding hydrogens is 132 g/mol. The van der Waals surface area contributed by atoms with E-state index in [0.29, 0.717) is 0 Å². The lowest BCUT2D eigenvalue weighted by atomic mass is 10.1. The van der Waals surface area contributed by atoms with E-state index in [9.17, 15) is 0 Å². The van der Waals surface area contributed by atoms with Gasteiger partial charge in [0.15, 0.2) is 0 Å². The molecule has 0 aromatic heterocycles. The van der Waals surface area contributed by atoms with E-state index < -0.39 is 0 Å². The van der Waals surface area contributed by atoms with Crippen molar-refractivity contribution in [1.29, 1.82) is 0 Å². The first-order valence-corrected chi connectivity index (χ1v) is 4.34. The Hall–Kier alpha value is -0.780. The van der Waals surface area contributed by atoms with Crippen molar-refractivity contribution < 1.29 is 0 Å². The van der Waals surface area contributed by atoms with Gasteiger partial charge in [-0.1, -0.05) is 44.7 Å². The van der Waals surface area contributed by atoms with E-state index in [0.717, 1.165) is 0 Å². The van der Waals surface area contributed by atoms with Crippen LogP contribution in [0.25, 0.3) is 0 Å². The summed E-state index contributed by atoms with van der Waals surface area (Å²) in [5.74, 6) is 0. The molecule has 0 heterocycles. The van der Waals surface area contributed by atoms with Crippen LogP contribution in [0.1, 0.15) is 33.1 Å². The molecule has 0 aliphatic heterocycles.